The molecule has 0 saturated heterocycles. The maximum atomic E-state index is 13.2. The topological polar surface area (TPSA) is 111 Å². The first-order valence-electron chi connectivity index (χ1n) is 22.2. The van der Waals surface area contributed by atoms with E-state index in [2.05, 4.69) is 48.1 Å². The quantitative estimate of drug-likeness (QED) is 0.206. The van der Waals surface area contributed by atoms with Gasteiger partial charge in [-0.15, -0.1) is 0 Å². The molecule has 308 valence electrons. The first-order chi connectivity index (χ1) is 26.4. The number of fused-ring (bicyclic) bond motifs is 4. The van der Waals surface area contributed by atoms with Crippen molar-refractivity contribution >= 4 is 23.8 Å². The van der Waals surface area contributed by atoms with E-state index in [4.69, 9.17) is 9.47 Å². The van der Waals surface area contributed by atoms with Gasteiger partial charge in [0, 0.05) is 33.7 Å². The van der Waals surface area contributed by atoms with Gasteiger partial charge in [0.05, 0.1) is 11.8 Å². The Bertz CT molecular complexity index is 1520. The lowest BCUT2D eigenvalue weighted by molar-refractivity contribution is -0.162. The van der Waals surface area contributed by atoms with Crippen LogP contribution in [0.25, 0.3) is 0 Å². The van der Waals surface area contributed by atoms with Crippen molar-refractivity contribution in [2.24, 2.45) is 57.2 Å². The van der Waals surface area contributed by atoms with Crippen molar-refractivity contribution in [3.05, 3.63) is 48.6 Å². The molecule has 10 rings (SSSR count). The van der Waals surface area contributed by atoms with Crippen LogP contribution in [0.4, 0.5) is 0 Å². The van der Waals surface area contributed by atoms with E-state index in [9.17, 15) is 19.2 Å². The highest BCUT2D eigenvalue weighted by Gasteiger charge is 2.56. The van der Waals surface area contributed by atoms with Gasteiger partial charge in [-0.1, -0.05) is 103 Å². The van der Waals surface area contributed by atoms with E-state index < -0.39 is 10.8 Å². The molecule has 0 radical (unpaired) electrons. The Hall–Kier alpha value is -3.16. The van der Waals surface area contributed by atoms with Crippen molar-refractivity contribution in [1.82, 2.24) is 10.6 Å². The van der Waals surface area contributed by atoms with E-state index in [1.54, 1.807) is 0 Å². The first kappa shape index (κ1) is 41.0. The molecule has 8 nitrogen and oxygen atoms in total. The van der Waals surface area contributed by atoms with Crippen LogP contribution in [0.2, 0.25) is 0 Å². The normalized spacial score (nSPS) is 39.5. The van der Waals surface area contributed by atoms with Crippen molar-refractivity contribution in [3.8, 4) is 0 Å². The van der Waals surface area contributed by atoms with Gasteiger partial charge >= 0.3 is 11.9 Å². The van der Waals surface area contributed by atoms with Crippen LogP contribution in [0.5, 0.6) is 0 Å². The second-order valence-corrected chi connectivity index (χ2v) is 21.0. The summed E-state index contributed by atoms with van der Waals surface area (Å²) in [4.78, 5) is 51.6. The van der Waals surface area contributed by atoms with Gasteiger partial charge in [-0.05, 0) is 114 Å². The molecule has 10 aliphatic rings. The summed E-state index contributed by atoms with van der Waals surface area (Å²) in [6.45, 7) is 20.2. The first-order valence-corrected chi connectivity index (χ1v) is 22.2. The van der Waals surface area contributed by atoms with E-state index >= 15 is 0 Å². The predicted octanol–water partition coefficient (Wildman–Crippen LogP) is 9.10. The van der Waals surface area contributed by atoms with Crippen LogP contribution in [0.3, 0.4) is 0 Å². The Morgan fingerprint density at radius 2 is 0.911 bits per heavy atom. The molecule has 10 aliphatic carbocycles. The molecule has 0 aromatic heterocycles. The van der Waals surface area contributed by atoms with Crippen LogP contribution < -0.4 is 10.6 Å². The van der Waals surface area contributed by atoms with Gasteiger partial charge in [0.25, 0.3) is 0 Å². The van der Waals surface area contributed by atoms with E-state index in [0.717, 1.165) is 114 Å². The summed E-state index contributed by atoms with van der Waals surface area (Å²) in [6.07, 6.45) is 25.3. The third-order valence-electron chi connectivity index (χ3n) is 15.6. The monoisotopic (exact) mass is 771 g/mol. The smallest absolute Gasteiger partial charge is 0.313 e. The average Bonchev–Trinajstić information content (AvgIpc) is 3.95. The molecule has 4 bridgehead atoms. The third-order valence-corrected chi connectivity index (χ3v) is 15.6. The zero-order chi connectivity index (χ0) is 40.2. The number of hydrogen-bond donors (Lipinski definition) is 2. The third kappa shape index (κ3) is 7.61. The summed E-state index contributed by atoms with van der Waals surface area (Å²) >= 11 is 0. The zero-order valence-corrected chi connectivity index (χ0v) is 35.3. The van der Waals surface area contributed by atoms with Gasteiger partial charge in [-0.3, -0.25) is 19.2 Å². The molecule has 0 aromatic carbocycles. The molecule has 2 amide bonds. The lowest BCUT2D eigenvalue weighted by Gasteiger charge is -2.41. The molecule has 8 heteroatoms. The maximum absolute atomic E-state index is 13.2. The second kappa shape index (κ2) is 15.5. The Balaban J connectivity index is 0.000000172. The van der Waals surface area contributed by atoms with Gasteiger partial charge in [0.1, 0.15) is 12.2 Å². The predicted molar refractivity (Wildman–Crippen MR) is 219 cm³/mol. The number of esters is 2. The van der Waals surface area contributed by atoms with Gasteiger partial charge in [0.15, 0.2) is 0 Å². The van der Waals surface area contributed by atoms with E-state index in [-0.39, 0.29) is 82.5 Å². The number of carbonyl (C=O) groups excluding carboxylic acids is 4. The fourth-order valence-corrected chi connectivity index (χ4v) is 12.2. The van der Waals surface area contributed by atoms with Crippen LogP contribution >= 0.6 is 0 Å². The van der Waals surface area contributed by atoms with Crippen LogP contribution in [-0.4, -0.2) is 48.0 Å². The van der Waals surface area contributed by atoms with Gasteiger partial charge in [-0.25, -0.2) is 0 Å². The lowest BCUT2D eigenvalue weighted by Crippen LogP contribution is -2.52. The minimum atomic E-state index is -0.403. The molecule has 2 N–H and O–H groups in total. The summed E-state index contributed by atoms with van der Waals surface area (Å²) in [5.74, 6) is 0.861. The van der Waals surface area contributed by atoms with Crippen LogP contribution in [0.1, 0.15) is 144 Å². The lowest BCUT2D eigenvalue weighted by atomic mass is 9.66. The maximum Gasteiger partial charge on any atom is 0.313 e. The SMILES string of the molecule is C=C1[C@@H](C(=O)O[C@@H]2CCC[C@@]23CCC[C@H]3NC(=O)C(C)(C)C)[C@H]2C=C[C@@H]1CC2.C=C1[C@H](C(=O)O[C@H]2CCC[C@]23CCC[C@@H]3NC(=O)C(C)(C)C)[C@@H]2C=C[C@H]1CC2. The molecule has 6 fully saturated rings. The number of hydrogen-bond acceptors (Lipinski definition) is 6. The number of allylic oxidation sites excluding steroid dienone is 4. The van der Waals surface area contributed by atoms with Gasteiger partial charge in [-0.2, -0.15) is 0 Å². The Morgan fingerprint density at radius 1 is 0.554 bits per heavy atom. The van der Waals surface area contributed by atoms with E-state index in [0.29, 0.717) is 11.8 Å². The van der Waals surface area contributed by atoms with Crippen LogP contribution in [0, 0.1) is 57.2 Å². The van der Waals surface area contributed by atoms with Crippen molar-refractivity contribution < 1.29 is 28.7 Å². The molecular formula is C48H70N2O6. The Morgan fingerprint density at radius 3 is 1.21 bits per heavy atom. The summed E-state index contributed by atoms with van der Waals surface area (Å²) in [5.41, 5.74) is 1.11. The largest absolute Gasteiger partial charge is 0.461 e. The summed E-state index contributed by atoms with van der Waals surface area (Å²) in [6, 6.07) is 0.232. The van der Waals surface area contributed by atoms with Crippen LogP contribution in [0.15, 0.2) is 48.6 Å². The number of nitrogens with one attached hydrogen (secondary N) is 2. The fourth-order valence-electron chi connectivity index (χ4n) is 12.2. The molecule has 0 aromatic rings. The summed E-state index contributed by atoms with van der Waals surface area (Å²) in [7, 11) is 0. The highest BCUT2D eigenvalue weighted by Crippen LogP contribution is 2.55. The molecule has 0 unspecified atom stereocenters. The standard InChI is InChI=1S/2C24H35NO3/c2*1-15-16-9-11-17(12-10-16)20(15)21(26)28-19-8-6-14-24(19)13-5-7-18(24)25-22(27)23(2,3)4/h2*9,11,16-20H,1,5-8,10,12-14H2,2-4H3,(H,25,27)/t2*16-,17+,18-,19-,20-,24-/m10/s1. The second-order valence-electron chi connectivity index (χ2n) is 21.0. The zero-order valence-electron chi connectivity index (χ0n) is 35.3. The van der Waals surface area contributed by atoms with E-state index in [1.165, 1.54) is 0 Å². The minimum Gasteiger partial charge on any atom is -0.461 e. The molecule has 56 heavy (non-hydrogen) atoms. The molecule has 0 heterocycles. The van der Waals surface area contributed by atoms with Crippen molar-refractivity contribution in [1.29, 1.82) is 0 Å². The number of ether oxygens (including phenoxy) is 2. The minimum absolute atomic E-state index is 0.0787. The van der Waals surface area contributed by atoms with E-state index in [1.807, 2.05) is 41.5 Å². The number of rotatable bonds is 6. The van der Waals surface area contributed by atoms with Gasteiger partial charge < -0.3 is 20.1 Å². The Labute approximate surface area is 336 Å². The highest BCUT2D eigenvalue weighted by molar-refractivity contribution is 5.82. The summed E-state index contributed by atoms with van der Waals surface area (Å²) < 4.78 is 12.4. The number of carbonyl (C=O) groups is 4. The highest BCUT2D eigenvalue weighted by atomic mass is 16.5. The van der Waals surface area contributed by atoms with Crippen molar-refractivity contribution in [2.75, 3.05) is 0 Å². The van der Waals surface area contributed by atoms with Gasteiger partial charge in [0.2, 0.25) is 11.8 Å². The fraction of sp³-hybridized carbons (Fsp3) is 0.750. The molecule has 6 saturated carbocycles. The van der Waals surface area contributed by atoms with Crippen molar-refractivity contribution in [2.45, 2.75) is 169 Å². The number of amides is 2. The van der Waals surface area contributed by atoms with Crippen molar-refractivity contribution in [3.63, 3.8) is 0 Å². The molecule has 0 aliphatic heterocycles. The van der Waals surface area contributed by atoms with Crippen LogP contribution in [-0.2, 0) is 28.7 Å². The Kier molecular flexibility index (Phi) is 11.4. The molecular weight excluding hydrogens is 701 g/mol. The average molecular weight is 771 g/mol. The summed E-state index contributed by atoms with van der Waals surface area (Å²) in [5, 5.41) is 6.62. The molecule has 2 spiro atoms. The molecule has 12 atom stereocenters.